The summed E-state index contributed by atoms with van der Waals surface area (Å²) in [6.45, 7) is 3.14. The second kappa shape index (κ2) is 8.02. The van der Waals surface area contributed by atoms with Gasteiger partial charge < -0.3 is 16.4 Å². The average Bonchev–Trinajstić information content (AvgIpc) is 2.38. The van der Waals surface area contributed by atoms with E-state index < -0.39 is 0 Å². The molecule has 7 nitrogen and oxygen atoms in total. The predicted molar refractivity (Wildman–Crippen MR) is 71.6 cm³/mol. The monoisotopic (exact) mass is 265 g/mol. The summed E-state index contributed by atoms with van der Waals surface area (Å²) in [4.78, 5) is 30.4. The zero-order chi connectivity index (χ0) is 14.1. The van der Waals surface area contributed by atoms with E-state index in [0.717, 1.165) is 0 Å². The van der Waals surface area contributed by atoms with Crippen LogP contribution in [0.1, 0.15) is 36.7 Å². The second-order valence-corrected chi connectivity index (χ2v) is 4.00. The summed E-state index contributed by atoms with van der Waals surface area (Å²) < 4.78 is 0. The van der Waals surface area contributed by atoms with Crippen LogP contribution >= 0.6 is 0 Å². The molecule has 0 unspecified atom stereocenters. The summed E-state index contributed by atoms with van der Waals surface area (Å²) in [5, 5.41) is 5.71. The lowest BCUT2D eigenvalue weighted by atomic mass is 10.2. The molecule has 0 aliphatic heterocycles. The Labute approximate surface area is 112 Å². The molecule has 1 heterocycles. The first-order valence-corrected chi connectivity index (χ1v) is 6.26. The quantitative estimate of drug-likeness (QED) is 0.585. The number of hydrogen-bond acceptors (Lipinski definition) is 5. The van der Waals surface area contributed by atoms with E-state index in [2.05, 4.69) is 20.6 Å². The van der Waals surface area contributed by atoms with Crippen molar-refractivity contribution in [3.63, 3.8) is 0 Å². The number of anilines is 1. The number of nitrogens with two attached hydrogens (primary N) is 1. The highest BCUT2D eigenvalue weighted by Crippen LogP contribution is 2.01. The molecular formula is C12H19N5O2. The molecule has 0 saturated carbocycles. The van der Waals surface area contributed by atoms with Crippen molar-refractivity contribution >= 4 is 17.6 Å². The molecule has 1 aromatic heterocycles. The van der Waals surface area contributed by atoms with E-state index in [1.165, 1.54) is 6.20 Å². The Morgan fingerprint density at radius 3 is 2.79 bits per heavy atom. The second-order valence-electron chi connectivity index (χ2n) is 4.00. The maximum absolute atomic E-state index is 11.8. The molecule has 0 radical (unpaired) electrons. The molecule has 0 fully saturated rings. The molecule has 4 N–H and O–H groups in total. The minimum absolute atomic E-state index is 0.272. The van der Waals surface area contributed by atoms with Crippen LogP contribution in [0.3, 0.4) is 0 Å². The van der Waals surface area contributed by atoms with Gasteiger partial charge >= 0.3 is 0 Å². The van der Waals surface area contributed by atoms with Crippen molar-refractivity contribution < 1.29 is 9.59 Å². The summed E-state index contributed by atoms with van der Waals surface area (Å²) in [6, 6.07) is 0. The number of hydrogen-bond donors (Lipinski definition) is 3. The summed E-state index contributed by atoms with van der Waals surface area (Å²) in [5.41, 5.74) is 5.29. The van der Waals surface area contributed by atoms with Gasteiger partial charge in [-0.2, -0.15) is 0 Å². The van der Waals surface area contributed by atoms with E-state index in [1.807, 2.05) is 6.92 Å². The number of carbonyl (C=O) groups excluding carboxylic acids is 2. The lowest BCUT2D eigenvalue weighted by Crippen LogP contribution is -2.26. The SMILES string of the molecule is CCNc1cncc(C(=O)NCCCCC(N)=O)n1. The summed E-state index contributed by atoms with van der Waals surface area (Å²) >= 11 is 0. The largest absolute Gasteiger partial charge is 0.370 e. The van der Waals surface area contributed by atoms with Gasteiger partial charge in [0.05, 0.1) is 12.4 Å². The third kappa shape index (κ3) is 5.80. The molecule has 7 heteroatoms. The van der Waals surface area contributed by atoms with Crippen LogP contribution in [0.5, 0.6) is 0 Å². The van der Waals surface area contributed by atoms with Crippen molar-refractivity contribution in [3.8, 4) is 0 Å². The highest BCUT2D eigenvalue weighted by Gasteiger charge is 2.07. The van der Waals surface area contributed by atoms with Gasteiger partial charge in [-0.05, 0) is 19.8 Å². The summed E-state index contributed by atoms with van der Waals surface area (Å²) in [6.07, 6.45) is 4.69. The Kier molecular flexibility index (Phi) is 6.28. The molecule has 1 rings (SSSR count). The Morgan fingerprint density at radius 1 is 1.32 bits per heavy atom. The Bertz CT molecular complexity index is 436. The van der Waals surface area contributed by atoms with Gasteiger partial charge in [0.25, 0.3) is 5.91 Å². The highest BCUT2D eigenvalue weighted by atomic mass is 16.2. The molecule has 0 aromatic carbocycles. The number of rotatable bonds is 8. The molecule has 0 aliphatic carbocycles. The van der Waals surface area contributed by atoms with E-state index in [1.54, 1.807) is 6.20 Å². The zero-order valence-corrected chi connectivity index (χ0v) is 11.0. The third-order valence-corrected chi connectivity index (χ3v) is 2.36. The Balaban J connectivity index is 2.36. The van der Waals surface area contributed by atoms with Gasteiger partial charge in [-0.25, -0.2) is 4.98 Å². The van der Waals surface area contributed by atoms with E-state index in [9.17, 15) is 9.59 Å². The topological polar surface area (TPSA) is 110 Å². The van der Waals surface area contributed by atoms with Gasteiger partial charge in [-0.15, -0.1) is 0 Å². The lowest BCUT2D eigenvalue weighted by molar-refractivity contribution is -0.118. The van der Waals surface area contributed by atoms with Crippen molar-refractivity contribution in [3.05, 3.63) is 18.1 Å². The molecule has 19 heavy (non-hydrogen) atoms. The molecule has 1 aromatic rings. The number of carbonyl (C=O) groups is 2. The van der Waals surface area contributed by atoms with Gasteiger partial charge in [-0.1, -0.05) is 0 Å². The van der Waals surface area contributed by atoms with Gasteiger partial charge in [0.15, 0.2) is 0 Å². The Hall–Kier alpha value is -2.18. The van der Waals surface area contributed by atoms with Crippen LogP contribution in [0, 0.1) is 0 Å². The number of aromatic nitrogens is 2. The maximum atomic E-state index is 11.8. The van der Waals surface area contributed by atoms with Gasteiger partial charge in [0, 0.05) is 19.5 Å². The number of primary amides is 1. The normalized spacial score (nSPS) is 9.95. The number of nitrogens with one attached hydrogen (secondary N) is 2. The number of amides is 2. The molecule has 104 valence electrons. The standard InChI is InChI=1S/C12H19N5O2/c1-2-15-11-8-14-7-9(17-11)12(19)16-6-4-3-5-10(13)18/h7-8H,2-6H2,1H3,(H2,13,18)(H,15,17)(H,16,19). The van der Waals surface area contributed by atoms with Gasteiger partial charge in [0.2, 0.25) is 5.91 Å². The smallest absolute Gasteiger partial charge is 0.271 e. The molecule has 0 aliphatic rings. The third-order valence-electron chi connectivity index (χ3n) is 2.36. The van der Waals surface area contributed by atoms with Crippen LogP contribution in [0.25, 0.3) is 0 Å². The summed E-state index contributed by atoms with van der Waals surface area (Å²) in [7, 11) is 0. The van der Waals surface area contributed by atoms with Crippen molar-refractivity contribution in [1.82, 2.24) is 15.3 Å². The predicted octanol–water partition coefficient (Wildman–Crippen LogP) is 0.294. The van der Waals surface area contributed by atoms with E-state index in [0.29, 0.717) is 38.2 Å². The minimum Gasteiger partial charge on any atom is -0.370 e. The van der Waals surface area contributed by atoms with Crippen molar-refractivity contribution in [2.75, 3.05) is 18.4 Å². The van der Waals surface area contributed by atoms with Gasteiger partial charge in [-0.3, -0.25) is 14.6 Å². The molecular weight excluding hydrogens is 246 g/mol. The maximum Gasteiger partial charge on any atom is 0.271 e. The van der Waals surface area contributed by atoms with Crippen molar-refractivity contribution in [2.45, 2.75) is 26.2 Å². The molecule has 0 saturated heterocycles. The minimum atomic E-state index is -0.324. The Morgan fingerprint density at radius 2 is 2.11 bits per heavy atom. The van der Waals surface area contributed by atoms with Crippen LogP contribution in [-0.2, 0) is 4.79 Å². The van der Waals surface area contributed by atoms with Crippen molar-refractivity contribution in [2.24, 2.45) is 5.73 Å². The highest BCUT2D eigenvalue weighted by molar-refractivity contribution is 5.92. The lowest BCUT2D eigenvalue weighted by Gasteiger charge is -2.06. The average molecular weight is 265 g/mol. The summed E-state index contributed by atoms with van der Waals surface area (Å²) in [5.74, 6) is -0.0225. The fourth-order valence-corrected chi connectivity index (χ4v) is 1.46. The van der Waals surface area contributed by atoms with E-state index in [4.69, 9.17) is 5.73 Å². The van der Waals surface area contributed by atoms with Crippen LogP contribution < -0.4 is 16.4 Å². The van der Waals surface area contributed by atoms with Crippen LogP contribution in [0.4, 0.5) is 5.82 Å². The first kappa shape index (κ1) is 14.9. The fraction of sp³-hybridized carbons (Fsp3) is 0.500. The first-order valence-electron chi connectivity index (χ1n) is 6.26. The van der Waals surface area contributed by atoms with Crippen LogP contribution in [-0.4, -0.2) is 34.9 Å². The molecule has 0 spiro atoms. The van der Waals surface area contributed by atoms with Crippen LogP contribution in [0.2, 0.25) is 0 Å². The first-order chi connectivity index (χ1) is 9.13. The number of nitrogens with zero attached hydrogens (tertiary/aromatic N) is 2. The van der Waals surface area contributed by atoms with Gasteiger partial charge in [0.1, 0.15) is 11.5 Å². The number of unbranched alkanes of at least 4 members (excludes halogenated alkanes) is 1. The van der Waals surface area contributed by atoms with E-state index >= 15 is 0 Å². The van der Waals surface area contributed by atoms with Crippen LogP contribution in [0.15, 0.2) is 12.4 Å². The molecule has 0 bridgehead atoms. The van der Waals surface area contributed by atoms with Crippen molar-refractivity contribution in [1.29, 1.82) is 0 Å². The zero-order valence-electron chi connectivity index (χ0n) is 11.0. The van der Waals surface area contributed by atoms with E-state index in [-0.39, 0.29) is 17.5 Å². The molecule has 2 amide bonds. The fourth-order valence-electron chi connectivity index (χ4n) is 1.46. The molecule has 0 atom stereocenters.